The molecule has 1 aliphatic rings. The molecule has 0 atom stereocenters. The van der Waals surface area contributed by atoms with Crippen molar-refractivity contribution >= 4 is 5.96 Å². The molecule has 0 radical (unpaired) electrons. The standard InChI is InChI=1S/C18H30N4O/c1-3-11-21-18(19-4-2)22-14-15-10-12-20-17(13-15)23-16-8-6-5-7-9-16/h10,12-13,16H,3-9,11,14H2,1-2H3,(H2,19,21,22). The quantitative estimate of drug-likeness (QED) is 0.598. The van der Waals surface area contributed by atoms with Crippen molar-refractivity contribution in [2.24, 2.45) is 4.99 Å². The minimum Gasteiger partial charge on any atom is -0.474 e. The van der Waals surface area contributed by atoms with E-state index in [4.69, 9.17) is 4.74 Å². The zero-order valence-corrected chi connectivity index (χ0v) is 14.5. The van der Waals surface area contributed by atoms with Gasteiger partial charge in [-0.1, -0.05) is 13.3 Å². The summed E-state index contributed by atoms with van der Waals surface area (Å²) in [5.41, 5.74) is 1.12. The number of aromatic nitrogens is 1. The Morgan fingerprint density at radius 1 is 1.26 bits per heavy atom. The first kappa shape index (κ1) is 17.6. The predicted octanol–water partition coefficient (Wildman–Crippen LogP) is 3.26. The average Bonchev–Trinajstić information content (AvgIpc) is 2.59. The van der Waals surface area contributed by atoms with Crippen molar-refractivity contribution in [3.63, 3.8) is 0 Å². The molecule has 23 heavy (non-hydrogen) atoms. The summed E-state index contributed by atoms with van der Waals surface area (Å²) < 4.78 is 6.02. The topological polar surface area (TPSA) is 58.5 Å². The van der Waals surface area contributed by atoms with Crippen LogP contribution in [-0.4, -0.2) is 30.1 Å². The Labute approximate surface area is 139 Å². The molecule has 128 valence electrons. The summed E-state index contributed by atoms with van der Waals surface area (Å²) in [5, 5.41) is 6.57. The summed E-state index contributed by atoms with van der Waals surface area (Å²) in [6.45, 7) is 6.64. The van der Waals surface area contributed by atoms with Crippen LogP contribution in [0.2, 0.25) is 0 Å². The number of rotatable bonds is 7. The lowest BCUT2D eigenvalue weighted by Crippen LogP contribution is -2.37. The van der Waals surface area contributed by atoms with Crippen LogP contribution in [0.4, 0.5) is 0 Å². The molecule has 1 aliphatic carbocycles. The molecule has 0 unspecified atom stereocenters. The van der Waals surface area contributed by atoms with E-state index >= 15 is 0 Å². The molecule has 0 amide bonds. The maximum Gasteiger partial charge on any atom is 0.213 e. The fourth-order valence-corrected chi connectivity index (χ4v) is 2.72. The van der Waals surface area contributed by atoms with Gasteiger partial charge in [-0.25, -0.2) is 9.98 Å². The summed E-state index contributed by atoms with van der Waals surface area (Å²) in [7, 11) is 0. The largest absolute Gasteiger partial charge is 0.474 e. The third-order valence-electron chi connectivity index (χ3n) is 3.95. The Bertz CT molecular complexity index is 484. The smallest absolute Gasteiger partial charge is 0.213 e. The minimum absolute atomic E-state index is 0.332. The summed E-state index contributed by atoms with van der Waals surface area (Å²) in [6, 6.07) is 4.02. The van der Waals surface area contributed by atoms with Crippen LogP contribution in [0.15, 0.2) is 23.3 Å². The first-order chi connectivity index (χ1) is 11.3. The van der Waals surface area contributed by atoms with Crippen LogP contribution in [-0.2, 0) is 6.54 Å². The van der Waals surface area contributed by atoms with Gasteiger partial charge in [0.05, 0.1) is 6.54 Å². The van der Waals surface area contributed by atoms with Crippen molar-refractivity contribution in [1.29, 1.82) is 0 Å². The number of guanidine groups is 1. The third-order valence-corrected chi connectivity index (χ3v) is 3.95. The van der Waals surface area contributed by atoms with Crippen molar-refractivity contribution in [1.82, 2.24) is 15.6 Å². The SMILES string of the molecule is CCCNC(=NCc1ccnc(OC2CCCCC2)c1)NCC. The molecule has 1 saturated carbocycles. The second-order valence-corrected chi connectivity index (χ2v) is 6.00. The van der Waals surface area contributed by atoms with Gasteiger partial charge in [0.25, 0.3) is 0 Å². The van der Waals surface area contributed by atoms with Gasteiger partial charge in [-0.2, -0.15) is 0 Å². The van der Waals surface area contributed by atoms with Gasteiger partial charge in [0.1, 0.15) is 6.10 Å². The van der Waals surface area contributed by atoms with Crippen LogP contribution in [0.1, 0.15) is 57.9 Å². The van der Waals surface area contributed by atoms with E-state index in [9.17, 15) is 0 Å². The second-order valence-electron chi connectivity index (χ2n) is 6.00. The molecule has 1 aromatic rings. The van der Waals surface area contributed by atoms with Crippen molar-refractivity contribution in [2.75, 3.05) is 13.1 Å². The molecule has 0 bridgehead atoms. The van der Waals surface area contributed by atoms with Crippen LogP contribution in [0.3, 0.4) is 0 Å². The Morgan fingerprint density at radius 2 is 2.09 bits per heavy atom. The number of ether oxygens (including phenoxy) is 1. The van der Waals surface area contributed by atoms with Crippen LogP contribution in [0, 0.1) is 0 Å². The van der Waals surface area contributed by atoms with E-state index in [1.165, 1.54) is 19.3 Å². The highest BCUT2D eigenvalue weighted by Crippen LogP contribution is 2.22. The lowest BCUT2D eigenvalue weighted by molar-refractivity contribution is 0.148. The van der Waals surface area contributed by atoms with E-state index in [-0.39, 0.29) is 0 Å². The molecule has 0 spiro atoms. The van der Waals surface area contributed by atoms with Gasteiger partial charge < -0.3 is 15.4 Å². The van der Waals surface area contributed by atoms with Gasteiger partial charge in [0.2, 0.25) is 5.88 Å². The molecule has 0 saturated heterocycles. The number of nitrogens with one attached hydrogen (secondary N) is 2. The van der Waals surface area contributed by atoms with E-state index in [0.717, 1.165) is 49.8 Å². The van der Waals surface area contributed by atoms with Gasteiger partial charge in [0, 0.05) is 25.4 Å². The number of hydrogen-bond acceptors (Lipinski definition) is 3. The number of nitrogens with zero attached hydrogens (tertiary/aromatic N) is 2. The zero-order valence-electron chi connectivity index (χ0n) is 14.5. The summed E-state index contributed by atoms with van der Waals surface area (Å²) in [6.07, 6.45) is 9.39. The highest BCUT2D eigenvalue weighted by molar-refractivity contribution is 5.79. The zero-order chi connectivity index (χ0) is 16.3. The van der Waals surface area contributed by atoms with Crippen LogP contribution in [0.25, 0.3) is 0 Å². The summed E-state index contributed by atoms with van der Waals surface area (Å²) >= 11 is 0. The summed E-state index contributed by atoms with van der Waals surface area (Å²) in [4.78, 5) is 8.96. The predicted molar refractivity (Wildman–Crippen MR) is 94.8 cm³/mol. The van der Waals surface area contributed by atoms with Gasteiger partial charge in [-0.15, -0.1) is 0 Å². The molecule has 2 rings (SSSR count). The molecule has 0 aliphatic heterocycles. The first-order valence-corrected chi connectivity index (χ1v) is 8.95. The molecule has 5 nitrogen and oxygen atoms in total. The Hall–Kier alpha value is -1.78. The molecular weight excluding hydrogens is 288 g/mol. The molecule has 0 aromatic carbocycles. The van der Waals surface area contributed by atoms with E-state index in [1.54, 1.807) is 0 Å². The van der Waals surface area contributed by atoms with Crippen molar-refractivity contribution in [3.05, 3.63) is 23.9 Å². The highest BCUT2D eigenvalue weighted by atomic mass is 16.5. The summed E-state index contributed by atoms with van der Waals surface area (Å²) in [5.74, 6) is 1.59. The Balaban J connectivity index is 1.92. The highest BCUT2D eigenvalue weighted by Gasteiger charge is 2.15. The fourth-order valence-electron chi connectivity index (χ4n) is 2.72. The minimum atomic E-state index is 0.332. The van der Waals surface area contributed by atoms with Crippen molar-refractivity contribution in [2.45, 2.75) is 65.0 Å². The Morgan fingerprint density at radius 3 is 2.83 bits per heavy atom. The fraction of sp³-hybridized carbons (Fsp3) is 0.667. The maximum atomic E-state index is 6.02. The van der Waals surface area contributed by atoms with Crippen LogP contribution < -0.4 is 15.4 Å². The molecule has 1 heterocycles. The number of hydrogen-bond donors (Lipinski definition) is 2. The average molecular weight is 318 g/mol. The van der Waals surface area contributed by atoms with Crippen molar-refractivity contribution < 1.29 is 4.74 Å². The lowest BCUT2D eigenvalue weighted by atomic mass is 9.98. The van der Waals surface area contributed by atoms with Crippen molar-refractivity contribution in [3.8, 4) is 5.88 Å². The van der Waals surface area contributed by atoms with E-state index < -0.39 is 0 Å². The second kappa shape index (κ2) is 10.1. The monoisotopic (exact) mass is 318 g/mol. The molecule has 5 heteroatoms. The van der Waals surface area contributed by atoms with E-state index in [2.05, 4.69) is 34.5 Å². The Kier molecular flexibility index (Phi) is 7.70. The molecular formula is C18H30N4O. The molecule has 1 fully saturated rings. The first-order valence-electron chi connectivity index (χ1n) is 8.95. The van der Waals surface area contributed by atoms with Gasteiger partial charge in [0.15, 0.2) is 5.96 Å². The van der Waals surface area contributed by atoms with Gasteiger partial charge in [-0.05, 0) is 50.7 Å². The van der Waals surface area contributed by atoms with Gasteiger partial charge in [-0.3, -0.25) is 0 Å². The van der Waals surface area contributed by atoms with Crippen LogP contribution >= 0.6 is 0 Å². The van der Waals surface area contributed by atoms with Gasteiger partial charge >= 0.3 is 0 Å². The number of pyridine rings is 1. The van der Waals surface area contributed by atoms with Crippen LogP contribution in [0.5, 0.6) is 5.88 Å². The number of aliphatic imine (C=N–C) groups is 1. The van der Waals surface area contributed by atoms with E-state index in [1.807, 2.05) is 18.3 Å². The normalized spacial score (nSPS) is 16.2. The maximum absolute atomic E-state index is 6.02. The molecule has 1 aromatic heterocycles. The molecule has 2 N–H and O–H groups in total. The van der Waals surface area contributed by atoms with E-state index in [0.29, 0.717) is 12.6 Å². The third kappa shape index (κ3) is 6.47. The lowest BCUT2D eigenvalue weighted by Gasteiger charge is -2.22.